The van der Waals surface area contributed by atoms with Crippen LogP contribution in [0.1, 0.15) is 36.9 Å². The summed E-state index contributed by atoms with van der Waals surface area (Å²) in [5.74, 6) is 0.450. The third-order valence-corrected chi connectivity index (χ3v) is 4.16. The van der Waals surface area contributed by atoms with Gasteiger partial charge in [-0.1, -0.05) is 30.3 Å². The number of ether oxygens (including phenoxy) is 1. The van der Waals surface area contributed by atoms with E-state index in [1.165, 1.54) is 17.7 Å². The predicted molar refractivity (Wildman–Crippen MR) is 81.7 cm³/mol. The molecule has 3 heteroatoms. The summed E-state index contributed by atoms with van der Waals surface area (Å²) in [6, 6.07) is 14.8. The first-order valence-electron chi connectivity index (χ1n) is 7.34. The lowest BCUT2D eigenvalue weighted by Gasteiger charge is -2.39. The Morgan fingerprint density at radius 2 is 2.00 bits per heavy atom. The van der Waals surface area contributed by atoms with Crippen LogP contribution in [0.4, 0.5) is 4.39 Å². The summed E-state index contributed by atoms with van der Waals surface area (Å²) in [6.45, 7) is 2.09. The lowest BCUT2D eigenvalue weighted by atomic mass is 9.85. The molecule has 110 valence electrons. The van der Waals surface area contributed by atoms with Crippen molar-refractivity contribution in [3.05, 3.63) is 65.5 Å². The Morgan fingerprint density at radius 3 is 2.76 bits per heavy atom. The van der Waals surface area contributed by atoms with Crippen molar-refractivity contribution in [2.24, 2.45) is 5.73 Å². The van der Waals surface area contributed by atoms with Gasteiger partial charge in [0.05, 0.1) is 0 Å². The summed E-state index contributed by atoms with van der Waals surface area (Å²) in [7, 11) is 0. The molecular formula is C18H20FNO. The molecule has 3 rings (SSSR count). The Bertz CT molecular complexity index is 628. The van der Waals surface area contributed by atoms with Crippen LogP contribution in [0.3, 0.4) is 0 Å². The second-order valence-electron chi connectivity index (χ2n) is 6.03. The first-order chi connectivity index (χ1) is 10.1. The summed E-state index contributed by atoms with van der Waals surface area (Å²) in [5, 5.41) is 0. The number of benzene rings is 2. The molecule has 0 fully saturated rings. The van der Waals surface area contributed by atoms with Gasteiger partial charge in [0.2, 0.25) is 0 Å². The maximum Gasteiger partial charge on any atom is 0.125 e. The molecule has 0 saturated carbocycles. The van der Waals surface area contributed by atoms with Crippen molar-refractivity contribution in [2.45, 2.75) is 37.8 Å². The minimum absolute atomic E-state index is 0.176. The number of aryl methyl sites for hydroxylation is 1. The Labute approximate surface area is 124 Å². The zero-order valence-corrected chi connectivity index (χ0v) is 12.2. The van der Waals surface area contributed by atoms with Crippen LogP contribution >= 0.6 is 0 Å². The van der Waals surface area contributed by atoms with Crippen molar-refractivity contribution >= 4 is 0 Å². The highest BCUT2D eigenvalue weighted by Crippen LogP contribution is 2.40. The second-order valence-corrected chi connectivity index (χ2v) is 6.03. The molecule has 1 aliphatic heterocycles. The van der Waals surface area contributed by atoms with E-state index >= 15 is 0 Å². The molecule has 2 nitrogen and oxygen atoms in total. The summed E-state index contributed by atoms with van der Waals surface area (Å²) in [6.07, 6.45) is 2.54. The fourth-order valence-electron chi connectivity index (χ4n) is 2.99. The van der Waals surface area contributed by atoms with Crippen LogP contribution < -0.4 is 10.5 Å². The van der Waals surface area contributed by atoms with Crippen molar-refractivity contribution in [3.63, 3.8) is 0 Å². The quantitative estimate of drug-likeness (QED) is 0.925. The van der Waals surface area contributed by atoms with Gasteiger partial charge in [-0.05, 0) is 43.5 Å². The van der Waals surface area contributed by atoms with Gasteiger partial charge in [-0.25, -0.2) is 4.39 Å². The highest BCUT2D eigenvalue weighted by atomic mass is 19.1. The number of fused-ring (bicyclic) bond motifs is 1. The SMILES string of the molecule is CC1(CCc2ccccc2)C[C@H](N)c2cc(F)ccc2O1. The summed E-state index contributed by atoms with van der Waals surface area (Å²) >= 11 is 0. The average Bonchev–Trinajstić information content (AvgIpc) is 2.47. The molecule has 2 N–H and O–H groups in total. The van der Waals surface area contributed by atoms with Crippen molar-refractivity contribution < 1.29 is 9.13 Å². The lowest BCUT2D eigenvalue weighted by Crippen LogP contribution is -2.40. The van der Waals surface area contributed by atoms with Crippen LogP contribution in [0, 0.1) is 5.82 Å². The van der Waals surface area contributed by atoms with Gasteiger partial charge in [0.1, 0.15) is 17.2 Å². The smallest absolute Gasteiger partial charge is 0.125 e. The highest BCUT2D eigenvalue weighted by molar-refractivity contribution is 5.39. The summed E-state index contributed by atoms with van der Waals surface area (Å²) in [4.78, 5) is 0. The lowest BCUT2D eigenvalue weighted by molar-refractivity contribution is 0.0456. The van der Waals surface area contributed by atoms with Crippen LogP contribution in [-0.4, -0.2) is 5.60 Å². The average molecular weight is 285 g/mol. The Morgan fingerprint density at radius 1 is 1.24 bits per heavy atom. The summed E-state index contributed by atoms with van der Waals surface area (Å²) in [5.41, 5.74) is 7.97. The van der Waals surface area contributed by atoms with Gasteiger partial charge < -0.3 is 10.5 Å². The molecule has 0 saturated heterocycles. The van der Waals surface area contributed by atoms with E-state index < -0.39 is 0 Å². The zero-order chi connectivity index (χ0) is 14.9. The van der Waals surface area contributed by atoms with E-state index in [9.17, 15) is 4.39 Å². The molecule has 0 radical (unpaired) electrons. The van der Waals surface area contributed by atoms with E-state index in [4.69, 9.17) is 10.5 Å². The van der Waals surface area contributed by atoms with Crippen molar-refractivity contribution in [3.8, 4) is 5.75 Å². The van der Waals surface area contributed by atoms with Crippen molar-refractivity contribution in [1.82, 2.24) is 0 Å². The molecule has 0 aromatic heterocycles. The van der Waals surface area contributed by atoms with Gasteiger partial charge in [-0.3, -0.25) is 0 Å². The molecule has 1 heterocycles. The number of rotatable bonds is 3. The fraction of sp³-hybridized carbons (Fsp3) is 0.333. The van der Waals surface area contributed by atoms with Gasteiger partial charge >= 0.3 is 0 Å². The van der Waals surface area contributed by atoms with Gasteiger partial charge in [-0.15, -0.1) is 0 Å². The maximum absolute atomic E-state index is 13.3. The van der Waals surface area contributed by atoms with Crippen LogP contribution in [0.5, 0.6) is 5.75 Å². The van der Waals surface area contributed by atoms with Crippen LogP contribution in [0.2, 0.25) is 0 Å². The Hall–Kier alpha value is -1.87. The molecule has 1 aliphatic rings. The third kappa shape index (κ3) is 3.08. The standard InChI is InChI=1S/C18H20FNO/c1-18(10-9-13-5-3-2-4-6-13)12-16(20)15-11-14(19)7-8-17(15)21-18/h2-8,11,16H,9-10,12,20H2,1H3/t16-,18?/m0/s1. The maximum atomic E-state index is 13.3. The molecule has 0 aliphatic carbocycles. The predicted octanol–water partition coefficient (Wildman–Crippen LogP) is 4.00. The fourth-order valence-corrected chi connectivity index (χ4v) is 2.99. The minimum atomic E-state index is -0.305. The number of nitrogens with two attached hydrogens (primary N) is 1. The van der Waals surface area contributed by atoms with Crippen LogP contribution in [0.25, 0.3) is 0 Å². The van der Waals surface area contributed by atoms with Crippen LogP contribution in [0.15, 0.2) is 48.5 Å². The second kappa shape index (κ2) is 5.49. The van der Waals surface area contributed by atoms with E-state index in [-0.39, 0.29) is 17.5 Å². The van der Waals surface area contributed by atoms with Crippen molar-refractivity contribution in [2.75, 3.05) is 0 Å². The minimum Gasteiger partial charge on any atom is -0.487 e. The Balaban J connectivity index is 1.76. The molecule has 2 aromatic carbocycles. The largest absolute Gasteiger partial charge is 0.487 e. The molecule has 1 unspecified atom stereocenters. The molecule has 0 amide bonds. The topological polar surface area (TPSA) is 35.2 Å². The van der Waals surface area contributed by atoms with E-state index in [2.05, 4.69) is 19.1 Å². The Kier molecular flexibility index (Phi) is 3.68. The van der Waals surface area contributed by atoms with E-state index in [1.54, 1.807) is 6.07 Å². The third-order valence-electron chi connectivity index (χ3n) is 4.16. The van der Waals surface area contributed by atoms with Gasteiger partial charge in [0, 0.05) is 18.0 Å². The first kappa shape index (κ1) is 14.1. The van der Waals surface area contributed by atoms with E-state index in [1.807, 2.05) is 18.2 Å². The zero-order valence-electron chi connectivity index (χ0n) is 12.2. The summed E-state index contributed by atoms with van der Waals surface area (Å²) < 4.78 is 19.4. The molecular weight excluding hydrogens is 265 g/mol. The first-order valence-corrected chi connectivity index (χ1v) is 7.34. The number of hydrogen-bond donors (Lipinski definition) is 1. The van der Waals surface area contributed by atoms with Gasteiger partial charge in [0.25, 0.3) is 0 Å². The van der Waals surface area contributed by atoms with Gasteiger partial charge in [-0.2, -0.15) is 0 Å². The number of hydrogen-bond acceptors (Lipinski definition) is 2. The number of halogens is 1. The highest BCUT2D eigenvalue weighted by Gasteiger charge is 2.35. The van der Waals surface area contributed by atoms with E-state index in [0.29, 0.717) is 12.2 Å². The molecule has 0 spiro atoms. The normalized spacial score (nSPS) is 24.2. The molecule has 0 bridgehead atoms. The molecule has 2 atom stereocenters. The molecule has 2 aromatic rings. The van der Waals surface area contributed by atoms with E-state index in [0.717, 1.165) is 18.4 Å². The van der Waals surface area contributed by atoms with Gasteiger partial charge in [0.15, 0.2) is 0 Å². The molecule has 21 heavy (non-hydrogen) atoms. The van der Waals surface area contributed by atoms with Crippen LogP contribution in [-0.2, 0) is 6.42 Å². The van der Waals surface area contributed by atoms with Crippen molar-refractivity contribution in [1.29, 1.82) is 0 Å². The monoisotopic (exact) mass is 285 g/mol.